The van der Waals surface area contributed by atoms with Crippen molar-refractivity contribution >= 4 is 39.1 Å². The lowest BCUT2D eigenvalue weighted by Crippen LogP contribution is -1.86. The molecule has 0 saturated carbocycles. The molecular weight excluding hydrogens is 367 g/mol. The summed E-state index contributed by atoms with van der Waals surface area (Å²) >= 11 is 16.0. The lowest BCUT2D eigenvalue weighted by molar-refractivity contribution is 1.55. The van der Waals surface area contributed by atoms with Crippen LogP contribution in [0.4, 0.5) is 0 Å². The lowest BCUT2D eigenvalue weighted by Gasteiger charge is -2.12. The summed E-state index contributed by atoms with van der Waals surface area (Å²) < 4.78 is 1.03. The molecular formula is C18H11BrCl2. The third kappa shape index (κ3) is 3.01. The van der Waals surface area contributed by atoms with Crippen LogP contribution in [-0.4, -0.2) is 0 Å². The highest BCUT2D eigenvalue weighted by atomic mass is 79.9. The van der Waals surface area contributed by atoms with E-state index in [1.807, 2.05) is 42.5 Å². The minimum Gasteiger partial charge on any atom is -0.0843 e. The second kappa shape index (κ2) is 6.23. The van der Waals surface area contributed by atoms with Crippen molar-refractivity contribution in [3.63, 3.8) is 0 Å². The van der Waals surface area contributed by atoms with Gasteiger partial charge in [-0.1, -0.05) is 77.8 Å². The van der Waals surface area contributed by atoms with Crippen LogP contribution in [0.15, 0.2) is 71.2 Å². The van der Waals surface area contributed by atoms with Crippen molar-refractivity contribution in [2.75, 3.05) is 0 Å². The molecule has 0 saturated heterocycles. The number of halogens is 3. The smallest absolute Gasteiger partial charge is 0.0499 e. The minimum absolute atomic E-state index is 0.638. The van der Waals surface area contributed by atoms with Crippen molar-refractivity contribution in [1.29, 1.82) is 0 Å². The van der Waals surface area contributed by atoms with E-state index in [4.69, 9.17) is 23.2 Å². The summed E-state index contributed by atoms with van der Waals surface area (Å²) in [4.78, 5) is 0. The summed E-state index contributed by atoms with van der Waals surface area (Å²) in [7, 11) is 0. The Morgan fingerprint density at radius 3 is 2.10 bits per heavy atom. The van der Waals surface area contributed by atoms with E-state index >= 15 is 0 Å². The Hall–Kier alpha value is -1.28. The summed E-state index contributed by atoms with van der Waals surface area (Å²) in [5.74, 6) is 0. The van der Waals surface area contributed by atoms with Gasteiger partial charge in [-0.15, -0.1) is 0 Å². The van der Waals surface area contributed by atoms with Gasteiger partial charge in [-0.3, -0.25) is 0 Å². The van der Waals surface area contributed by atoms with Gasteiger partial charge < -0.3 is 0 Å². The first-order valence-electron chi connectivity index (χ1n) is 6.46. The van der Waals surface area contributed by atoms with Gasteiger partial charge in [-0.25, -0.2) is 0 Å². The molecule has 3 heteroatoms. The SMILES string of the molecule is Clc1ccc(-c2cccc(-c3ccccc3)c2Br)c(Cl)c1. The first-order valence-corrected chi connectivity index (χ1v) is 8.01. The molecule has 0 aliphatic heterocycles. The average Bonchev–Trinajstić information content (AvgIpc) is 2.49. The van der Waals surface area contributed by atoms with Gasteiger partial charge in [-0.05, 0) is 44.8 Å². The van der Waals surface area contributed by atoms with Crippen molar-refractivity contribution < 1.29 is 0 Å². The van der Waals surface area contributed by atoms with Crippen molar-refractivity contribution in [2.24, 2.45) is 0 Å². The highest BCUT2D eigenvalue weighted by Crippen LogP contribution is 2.39. The molecule has 0 unspecified atom stereocenters. The quantitative estimate of drug-likeness (QED) is 0.447. The Labute approximate surface area is 142 Å². The van der Waals surface area contributed by atoms with E-state index in [2.05, 4.69) is 34.1 Å². The third-order valence-corrected chi connectivity index (χ3v) is 4.71. The fourth-order valence-electron chi connectivity index (χ4n) is 2.29. The van der Waals surface area contributed by atoms with E-state index < -0.39 is 0 Å². The summed E-state index contributed by atoms with van der Waals surface area (Å²) in [6.45, 7) is 0. The monoisotopic (exact) mass is 376 g/mol. The van der Waals surface area contributed by atoms with Crippen LogP contribution < -0.4 is 0 Å². The molecule has 0 nitrogen and oxygen atoms in total. The van der Waals surface area contributed by atoms with Crippen molar-refractivity contribution in [1.82, 2.24) is 0 Å². The van der Waals surface area contributed by atoms with E-state index in [-0.39, 0.29) is 0 Å². The van der Waals surface area contributed by atoms with Crippen LogP contribution in [0, 0.1) is 0 Å². The fourth-order valence-corrected chi connectivity index (χ4v) is 3.51. The molecule has 0 amide bonds. The molecule has 104 valence electrons. The molecule has 0 aliphatic carbocycles. The number of hydrogen-bond donors (Lipinski definition) is 0. The molecule has 0 atom stereocenters. The Morgan fingerprint density at radius 1 is 0.667 bits per heavy atom. The topological polar surface area (TPSA) is 0 Å². The van der Waals surface area contributed by atoms with Crippen LogP contribution in [0.2, 0.25) is 10.0 Å². The maximum atomic E-state index is 6.33. The summed E-state index contributed by atoms with van der Waals surface area (Å²) in [5.41, 5.74) is 4.32. The van der Waals surface area contributed by atoms with E-state index in [9.17, 15) is 0 Å². The van der Waals surface area contributed by atoms with Gasteiger partial charge in [0, 0.05) is 20.1 Å². The Balaban J connectivity index is 2.17. The molecule has 0 bridgehead atoms. The Morgan fingerprint density at radius 2 is 1.38 bits per heavy atom. The summed E-state index contributed by atoms with van der Waals surface area (Å²) in [6.07, 6.45) is 0. The first-order chi connectivity index (χ1) is 10.2. The molecule has 0 aliphatic rings. The van der Waals surface area contributed by atoms with Crippen LogP contribution in [0.1, 0.15) is 0 Å². The molecule has 0 heterocycles. The van der Waals surface area contributed by atoms with Crippen molar-refractivity contribution in [2.45, 2.75) is 0 Å². The summed E-state index contributed by atoms with van der Waals surface area (Å²) in [5, 5.41) is 1.28. The zero-order valence-corrected chi connectivity index (χ0v) is 14.1. The molecule has 3 rings (SSSR count). The van der Waals surface area contributed by atoms with Crippen LogP contribution in [0.3, 0.4) is 0 Å². The van der Waals surface area contributed by atoms with Gasteiger partial charge in [0.1, 0.15) is 0 Å². The van der Waals surface area contributed by atoms with Gasteiger partial charge >= 0.3 is 0 Å². The molecule has 0 spiro atoms. The predicted octanol–water partition coefficient (Wildman–Crippen LogP) is 7.09. The van der Waals surface area contributed by atoms with E-state index in [0.717, 1.165) is 26.7 Å². The second-order valence-corrected chi connectivity index (χ2v) is 6.29. The number of benzene rings is 3. The molecule has 3 aromatic rings. The summed E-state index contributed by atoms with van der Waals surface area (Å²) in [6, 6.07) is 22.0. The van der Waals surface area contributed by atoms with Gasteiger partial charge in [-0.2, -0.15) is 0 Å². The van der Waals surface area contributed by atoms with Gasteiger partial charge in [0.2, 0.25) is 0 Å². The van der Waals surface area contributed by atoms with E-state index in [1.54, 1.807) is 6.07 Å². The van der Waals surface area contributed by atoms with Crippen LogP contribution >= 0.6 is 39.1 Å². The minimum atomic E-state index is 0.638. The molecule has 0 radical (unpaired) electrons. The molecule has 0 N–H and O–H groups in total. The predicted molar refractivity (Wildman–Crippen MR) is 95.0 cm³/mol. The third-order valence-electron chi connectivity index (χ3n) is 3.30. The highest BCUT2D eigenvalue weighted by Gasteiger charge is 2.11. The Kier molecular flexibility index (Phi) is 4.34. The molecule has 0 fully saturated rings. The lowest BCUT2D eigenvalue weighted by atomic mass is 9.99. The van der Waals surface area contributed by atoms with Crippen LogP contribution in [-0.2, 0) is 0 Å². The average molecular weight is 378 g/mol. The van der Waals surface area contributed by atoms with Crippen LogP contribution in [0.25, 0.3) is 22.3 Å². The maximum Gasteiger partial charge on any atom is 0.0499 e. The second-order valence-electron chi connectivity index (χ2n) is 4.66. The van der Waals surface area contributed by atoms with Crippen molar-refractivity contribution in [3.05, 3.63) is 81.2 Å². The normalized spacial score (nSPS) is 10.6. The largest absolute Gasteiger partial charge is 0.0843 e. The highest BCUT2D eigenvalue weighted by molar-refractivity contribution is 9.10. The fraction of sp³-hybridized carbons (Fsp3) is 0. The van der Waals surface area contributed by atoms with E-state index in [0.29, 0.717) is 10.0 Å². The zero-order chi connectivity index (χ0) is 14.8. The van der Waals surface area contributed by atoms with Gasteiger partial charge in [0.05, 0.1) is 0 Å². The van der Waals surface area contributed by atoms with Crippen LogP contribution in [0.5, 0.6) is 0 Å². The van der Waals surface area contributed by atoms with Gasteiger partial charge in [0.25, 0.3) is 0 Å². The molecule has 3 aromatic carbocycles. The molecule has 0 aromatic heterocycles. The van der Waals surface area contributed by atoms with E-state index in [1.165, 1.54) is 0 Å². The number of hydrogen-bond acceptors (Lipinski definition) is 0. The first kappa shape index (κ1) is 14.6. The molecule has 21 heavy (non-hydrogen) atoms. The standard InChI is InChI=1S/C18H11BrCl2/c19-18-14(12-5-2-1-3-6-12)7-4-8-16(18)15-10-9-13(20)11-17(15)21/h1-11H. The van der Waals surface area contributed by atoms with Crippen molar-refractivity contribution in [3.8, 4) is 22.3 Å². The zero-order valence-electron chi connectivity index (χ0n) is 11.0. The van der Waals surface area contributed by atoms with Gasteiger partial charge in [0.15, 0.2) is 0 Å². The number of rotatable bonds is 2. The maximum absolute atomic E-state index is 6.33. The Bertz CT molecular complexity index is 782.